The first-order valence-corrected chi connectivity index (χ1v) is 8.28. The van der Waals surface area contributed by atoms with Crippen molar-refractivity contribution >= 4 is 5.69 Å². The fourth-order valence-corrected chi connectivity index (χ4v) is 3.12. The van der Waals surface area contributed by atoms with Crippen molar-refractivity contribution in [1.29, 1.82) is 0 Å². The molecule has 1 aromatic carbocycles. The minimum atomic E-state index is 0.795. The average Bonchev–Trinajstić information content (AvgIpc) is 3.17. The monoisotopic (exact) mass is 314 g/mol. The van der Waals surface area contributed by atoms with E-state index in [1.807, 2.05) is 17.9 Å². The summed E-state index contributed by atoms with van der Waals surface area (Å²) in [6.07, 6.45) is 4.50. The Morgan fingerprint density at radius 1 is 1.26 bits per heavy atom. The fourth-order valence-electron chi connectivity index (χ4n) is 3.12. The number of methoxy groups -OCH3 is 1. The molecule has 23 heavy (non-hydrogen) atoms. The van der Waals surface area contributed by atoms with Crippen molar-refractivity contribution in [3.63, 3.8) is 0 Å². The summed E-state index contributed by atoms with van der Waals surface area (Å²) in [5.74, 6) is 0.984. The quantitative estimate of drug-likeness (QED) is 0.890. The van der Waals surface area contributed by atoms with E-state index in [4.69, 9.17) is 4.74 Å². The van der Waals surface area contributed by atoms with Crippen LogP contribution in [0.3, 0.4) is 0 Å². The number of hydrogen-bond acceptors (Lipinski definition) is 4. The fraction of sp³-hybridized carbons (Fsp3) is 0.500. The molecule has 1 aliphatic rings. The summed E-state index contributed by atoms with van der Waals surface area (Å²) in [6, 6.07) is 6.47. The van der Waals surface area contributed by atoms with Gasteiger partial charge >= 0.3 is 0 Å². The van der Waals surface area contributed by atoms with Gasteiger partial charge in [-0.25, -0.2) is 0 Å². The molecule has 1 saturated heterocycles. The van der Waals surface area contributed by atoms with Gasteiger partial charge in [0, 0.05) is 25.7 Å². The van der Waals surface area contributed by atoms with Crippen molar-refractivity contribution in [2.24, 2.45) is 7.05 Å². The smallest absolute Gasteiger partial charge is 0.123 e. The number of anilines is 1. The highest BCUT2D eigenvalue weighted by molar-refractivity contribution is 5.47. The molecule has 0 spiro atoms. The van der Waals surface area contributed by atoms with Gasteiger partial charge in [-0.3, -0.25) is 9.58 Å². The lowest BCUT2D eigenvalue weighted by Gasteiger charge is -2.18. The Bertz CT molecular complexity index is 659. The van der Waals surface area contributed by atoms with E-state index in [0.717, 1.165) is 30.2 Å². The molecular weight excluding hydrogens is 288 g/mol. The van der Waals surface area contributed by atoms with E-state index in [2.05, 4.69) is 40.4 Å². The molecule has 2 heterocycles. The average molecular weight is 314 g/mol. The van der Waals surface area contributed by atoms with E-state index < -0.39 is 0 Å². The minimum Gasteiger partial charge on any atom is -0.496 e. The number of aromatic nitrogens is 2. The number of nitrogens with zero attached hydrogens (tertiary/aromatic N) is 3. The Kier molecular flexibility index (Phi) is 4.86. The van der Waals surface area contributed by atoms with E-state index in [0.29, 0.717) is 0 Å². The van der Waals surface area contributed by atoms with Crippen LogP contribution < -0.4 is 10.1 Å². The molecule has 0 aliphatic carbocycles. The third-order valence-corrected chi connectivity index (χ3v) is 4.66. The molecule has 1 aromatic heterocycles. The summed E-state index contributed by atoms with van der Waals surface area (Å²) in [6.45, 7) is 6.23. The van der Waals surface area contributed by atoms with E-state index in [9.17, 15) is 0 Å². The Morgan fingerprint density at radius 2 is 2.04 bits per heavy atom. The van der Waals surface area contributed by atoms with Gasteiger partial charge in [0.2, 0.25) is 0 Å². The van der Waals surface area contributed by atoms with Crippen molar-refractivity contribution in [2.45, 2.75) is 32.9 Å². The standard InChI is InChI=1S/C18H26N4O/c1-14-17(12-20-21(14)2)19-11-15-6-7-18(23-3)16(10-15)13-22-8-4-5-9-22/h6-7,10,12,19H,4-5,8-9,11,13H2,1-3H3. The Labute approximate surface area is 138 Å². The van der Waals surface area contributed by atoms with Crippen molar-refractivity contribution < 1.29 is 4.74 Å². The zero-order valence-corrected chi connectivity index (χ0v) is 14.3. The van der Waals surface area contributed by atoms with Gasteiger partial charge in [0.15, 0.2) is 0 Å². The number of nitrogens with one attached hydrogen (secondary N) is 1. The highest BCUT2D eigenvalue weighted by atomic mass is 16.5. The molecule has 0 atom stereocenters. The van der Waals surface area contributed by atoms with Gasteiger partial charge in [-0.05, 0) is 50.6 Å². The maximum atomic E-state index is 5.54. The minimum absolute atomic E-state index is 0.795. The van der Waals surface area contributed by atoms with Gasteiger partial charge in [0.1, 0.15) is 5.75 Å². The maximum absolute atomic E-state index is 5.54. The van der Waals surface area contributed by atoms with Crippen LogP contribution in [-0.2, 0) is 20.1 Å². The summed E-state index contributed by atoms with van der Waals surface area (Å²) in [4.78, 5) is 2.50. The predicted molar refractivity (Wildman–Crippen MR) is 92.8 cm³/mol. The second-order valence-electron chi connectivity index (χ2n) is 6.25. The summed E-state index contributed by atoms with van der Waals surface area (Å²) in [5, 5.41) is 7.74. The van der Waals surface area contributed by atoms with Gasteiger partial charge in [-0.2, -0.15) is 5.10 Å². The zero-order chi connectivity index (χ0) is 16.2. The molecule has 0 amide bonds. The molecule has 0 unspecified atom stereocenters. The molecule has 0 bridgehead atoms. The first kappa shape index (κ1) is 15.9. The lowest BCUT2D eigenvalue weighted by Crippen LogP contribution is -2.19. The third-order valence-electron chi connectivity index (χ3n) is 4.66. The second kappa shape index (κ2) is 7.04. The van der Waals surface area contributed by atoms with Crippen LogP contribution in [0.2, 0.25) is 0 Å². The summed E-state index contributed by atoms with van der Waals surface area (Å²) in [5.41, 5.74) is 4.78. The molecule has 5 nitrogen and oxygen atoms in total. The largest absolute Gasteiger partial charge is 0.496 e. The number of benzene rings is 1. The highest BCUT2D eigenvalue weighted by Crippen LogP contribution is 2.24. The number of rotatable bonds is 6. The first-order chi connectivity index (χ1) is 11.2. The number of ether oxygens (including phenoxy) is 1. The van der Waals surface area contributed by atoms with Gasteiger partial charge in [0.25, 0.3) is 0 Å². The van der Waals surface area contributed by atoms with E-state index in [1.165, 1.54) is 37.1 Å². The molecule has 1 fully saturated rings. The zero-order valence-electron chi connectivity index (χ0n) is 14.3. The molecule has 124 valence electrons. The Morgan fingerprint density at radius 3 is 2.70 bits per heavy atom. The van der Waals surface area contributed by atoms with Gasteiger partial charge < -0.3 is 10.1 Å². The molecule has 0 saturated carbocycles. The molecule has 1 N–H and O–H groups in total. The van der Waals surface area contributed by atoms with Crippen molar-refractivity contribution in [1.82, 2.24) is 14.7 Å². The normalized spacial score (nSPS) is 15.1. The SMILES string of the molecule is COc1ccc(CNc2cnn(C)c2C)cc1CN1CCCC1. The predicted octanol–water partition coefficient (Wildman–Crippen LogP) is 2.95. The molecular formula is C18H26N4O. The Hall–Kier alpha value is -2.01. The van der Waals surface area contributed by atoms with Crippen molar-refractivity contribution in [2.75, 3.05) is 25.5 Å². The molecule has 0 radical (unpaired) electrons. The van der Waals surface area contributed by atoms with Crippen LogP contribution in [-0.4, -0.2) is 34.9 Å². The number of likely N-dealkylation sites (tertiary alicyclic amines) is 1. The van der Waals surface area contributed by atoms with Crippen molar-refractivity contribution in [3.05, 3.63) is 41.2 Å². The lowest BCUT2D eigenvalue weighted by atomic mass is 10.1. The topological polar surface area (TPSA) is 42.3 Å². The Balaban J connectivity index is 1.70. The highest BCUT2D eigenvalue weighted by Gasteiger charge is 2.14. The molecule has 2 aromatic rings. The van der Waals surface area contributed by atoms with Gasteiger partial charge in [-0.15, -0.1) is 0 Å². The van der Waals surface area contributed by atoms with E-state index >= 15 is 0 Å². The molecule has 3 rings (SSSR count). The summed E-state index contributed by atoms with van der Waals surface area (Å²) in [7, 11) is 3.71. The van der Waals surface area contributed by atoms with Gasteiger partial charge in [-0.1, -0.05) is 6.07 Å². The maximum Gasteiger partial charge on any atom is 0.123 e. The van der Waals surface area contributed by atoms with E-state index in [1.54, 1.807) is 7.11 Å². The van der Waals surface area contributed by atoms with Crippen LogP contribution in [0.25, 0.3) is 0 Å². The summed E-state index contributed by atoms with van der Waals surface area (Å²) < 4.78 is 7.42. The van der Waals surface area contributed by atoms with Crippen LogP contribution in [0.5, 0.6) is 5.75 Å². The van der Waals surface area contributed by atoms with Crippen LogP contribution >= 0.6 is 0 Å². The van der Waals surface area contributed by atoms with Gasteiger partial charge in [0.05, 0.1) is 24.7 Å². The lowest BCUT2D eigenvalue weighted by molar-refractivity contribution is 0.321. The first-order valence-electron chi connectivity index (χ1n) is 8.28. The number of aryl methyl sites for hydroxylation is 1. The molecule has 1 aliphatic heterocycles. The second-order valence-corrected chi connectivity index (χ2v) is 6.25. The van der Waals surface area contributed by atoms with Crippen LogP contribution in [0, 0.1) is 6.92 Å². The molecule has 5 heteroatoms. The van der Waals surface area contributed by atoms with Crippen molar-refractivity contribution in [3.8, 4) is 5.75 Å². The summed E-state index contributed by atoms with van der Waals surface area (Å²) >= 11 is 0. The number of hydrogen-bond donors (Lipinski definition) is 1. The van der Waals surface area contributed by atoms with E-state index in [-0.39, 0.29) is 0 Å². The third kappa shape index (κ3) is 3.67. The van der Waals surface area contributed by atoms with Crippen LogP contribution in [0.1, 0.15) is 29.7 Å². The van der Waals surface area contributed by atoms with Crippen LogP contribution in [0.15, 0.2) is 24.4 Å². The van der Waals surface area contributed by atoms with Crippen LogP contribution in [0.4, 0.5) is 5.69 Å².